The Bertz CT molecular complexity index is 405. The quantitative estimate of drug-likeness (QED) is 0.623. The first-order valence-corrected chi connectivity index (χ1v) is 7.51. The number of benzene rings is 1. The maximum atomic E-state index is 5.65. The van der Waals surface area contributed by atoms with Crippen molar-refractivity contribution in [2.45, 2.75) is 19.8 Å². The molecule has 0 amide bonds. The molecule has 0 unspecified atom stereocenters. The van der Waals surface area contributed by atoms with Gasteiger partial charge in [0.05, 0.1) is 0 Å². The van der Waals surface area contributed by atoms with Gasteiger partial charge in [-0.2, -0.15) is 0 Å². The van der Waals surface area contributed by atoms with Crippen LogP contribution in [0.25, 0.3) is 8.79 Å². The van der Waals surface area contributed by atoms with Gasteiger partial charge in [0, 0.05) is 0 Å². The molecule has 0 aliphatic rings. The van der Waals surface area contributed by atoms with Crippen LogP contribution in [0.3, 0.4) is 0 Å². The summed E-state index contributed by atoms with van der Waals surface area (Å²) in [5.74, 6) is 1.02. The van der Waals surface area contributed by atoms with Crippen LogP contribution < -0.4 is 4.74 Å². The SMILES string of the molecule is CCCCOc1ccc2[te]ccc2c1. The number of unbranched alkanes of at least 4 members (excludes halogenated alkanes) is 1. The fourth-order valence-corrected chi connectivity index (χ4v) is 3.57. The molecular formula is C12H14OTe. The summed E-state index contributed by atoms with van der Waals surface area (Å²) >= 11 is -0.00995. The summed E-state index contributed by atoms with van der Waals surface area (Å²) in [5, 5.41) is 1.38. The van der Waals surface area contributed by atoms with E-state index in [4.69, 9.17) is 4.74 Å². The summed E-state index contributed by atoms with van der Waals surface area (Å²) < 4.78 is 9.52. The van der Waals surface area contributed by atoms with Crippen molar-refractivity contribution in [3.8, 4) is 5.75 Å². The molecule has 0 saturated heterocycles. The number of hydrogen-bond acceptors (Lipinski definition) is 1. The first-order valence-electron chi connectivity index (χ1n) is 5.00. The second-order valence-corrected chi connectivity index (χ2v) is 6.03. The third-order valence-electron chi connectivity index (χ3n) is 2.19. The van der Waals surface area contributed by atoms with E-state index in [-0.39, 0.29) is 20.4 Å². The van der Waals surface area contributed by atoms with E-state index in [1.807, 2.05) is 0 Å². The molecule has 2 aromatic rings. The van der Waals surface area contributed by atoms with Crippen LogP contribution in [-0.2, 0) is 0 Å². The Kier molecular flexibility index (Phi) is 3.50. The summed E-state index contributed by atoms with van der Waals surface area (Å²) in [6.07, 6.45) is 2.33. The van der Waals surface area contributed by atoms with Crippen LogP contribution in [0, 0.1) is 0 Å². The van der Waals surface area contributed by atoms with Crippen molar-refractivity contribution in [3.63, 3.8) is 0 Å². The van der Waals surface area contributed by atoms with Gasteiger partial charge in [-0.05, 0) is 0 Å². The summed E-state index contributed by atoms with van der Waals surface area (Å²) in [6, 6.07) is 8.72. The third kappa shape index (κ3) is 2.32. The Labute approximate surface area is 94.3 Å². The molecule has 1 nitrogen and oxygen atoms in total. The molecule has 0 aliphatic carbocycles. The van der Waals surface area contributed by atoms with Crippen LogP contribution in [0.5, 0.6) is 5.75 Å². The van der Waals surface area contributed by atoms with Crippen molar-refractivity contribution in [3.05, 3.63) is 28.3 Å². The van der Waals surface area contributed by atoms with Crippen molar-refractivity contribution >= 4 is 29.2 Å². The van der Waals surface area contributed by atoms with Gasteiger partial charge < -0.3 is 0 Å². The van der Waals surface area contributed by atoms with Gasteiger partial charge in [0.2, 0.25) is 0 Å². The topological polar surface area (TPSA) is 9.23 Å². The van der Waals surface area contributed by atoms with Crippen LogP contribution in [0.1, 0.15) is 19.8 Å². The molecular weight excluding hydrogens is 288 g/mol. The molecule has 0 aliphatic heterocycles. The molecule has 0 radical (unpaired) electrons. The number of rotatable bonds is 4. The fraction of sp³-hybridized carbons (Fsp3) is 0.333. The summed E-state index contributed by atoms with van der Waals surface area (Å²) in [7, 11) is 0. The molecule has 2 rings (SSSR count). The normalized spacial score (nSPS) is 10.6. The molecule has 2 heteroatoms. The molecule has 0 atom stereocenters. The average Bonchev–Trinajstić information content (AvgIpc) is 2.65. The zero-order valence-corrected chi connectivity index (χ0v) is 10.7. The predicted molar refractivity (Wildman–Crippen MR) is 61.3 cm³/mol. The minimum absolute atomic E-state index is 0.00995. The number of ether oxygens (including phenoxy) is 1. The summed E-state index contributed by atoms with van der Waals surface area (Å²) in [5.41, 5.74) is 0. The molecule has 1 aromatic heterocycles. The summed E-state index contributed by atoms with van der Waals surface area (Å²) in [6.45, 7) is 3.02. The Morgan fingerprint density at radius 1 is 1.29 bits per heavy atom. The van der Waals surface area contributed by atoms with E-state index in [2.05, 4.69) is 35.3 Å². The fourth-order valence-electron chi connectivity index (χ4n) is 1.37. The molecule has 0 fully saturated rings. The first kappa shape index (κ1) is 10.1. The van der Waals surface area contributed by atoms with Gasteiger partial charge in [-0.3, -0.25) is 0 Å². The Morgan fingerprint density at radius 2 is 2.21 bits per heavy atom. The van der Waals surface area contributed by atoms with E-state index in [0.29, 0.717) is 0 Å². The van der Waals surface area contributed by atoms with Crippen LogP contribution in [0.4, 0.5) is 0 Å². The van der Waals surface area contributed by atoms with Crippen LogP contribution >= 0.6 is 0 Å². The molecule has 14 heavy (non-hydrogen) atoms. The van der Waals surface area contributed by atoms with Crippen LogP contribution in [0.2, 0.25) is 0 Å². The molecule has 0 saturated carbocycles. The van der Waals surface area contributed by atoms with Gasteiger partial charge in [-0.25, -0.2) is 0 Å². The zero-order chi connectivity index (χ0) is 9.80. The van der Waals surface area contributed by atoms with Crippen LogP contribution in [-0.4, -0.2) is 27.0 Å². The third-order valence-corrected chi connectivity index (χ3v) is 4.75. The Hall–Kier alpha value is -0.450. The molecule has 1 aromatic carbocycles. The number of fused-ring (bicyclic) bond motifs is 1. The van der Waals surface area contributed by atoms with E-state index in [1.165, 1.54) is 11.8 Å². The molecule has 1 heterocycles. The van der Waals surface area contributed by atoms with Gasteiger partial charge >= 0.3 is 94.4 Å². The van der Waals surface area contributed by atoms with Crippen molar-refractivity contribution in [1.82, 2.24) is 0 Å². The van der Waals surface area contributed by atoms with E-state index in [0.717, 1.165) is 18.8 Å². The Morgan fingerprint density at radius 3 is 3.07 bits per heavy atom. The van der Waals surface area contributed by atoms with E-state index in [1.54, 1.807) is 3.40 Å². The van der Waals surface area contributed by atoms with Gasteiger partial charge in [-0.1, -0.05) is 0 Å². The van der Waals surface area contributed by atoms with Crippen molar-refractivity contribution in [2.24, 2.45) is 0 Å². The average molecular weight is 302 g/mol. The summed E-state index contributed by atoms with van der Waals surface area (Å²) in [4.78, 5) is 0. The molecule has 74 valence electrons. The van der Waals surface area contributed by atoms with Gasteiger partial charge in [0.1, 0.15) is 0 Å². The molecule has 0 spiro atoms. The second kappa shape index (κ2) is 4.87. The molecule has 0 bridgehead atoms. The predicted octanol–water partition coefficient (Wildman–Crippen LogP) is 3.08. The van der Waals surface area contributed by atoms with Gasteiger partial charge in [-0.15, -0.1) is 0 Å². The van der Waals surface area contributed by atoms with E-state index in [9.17, 15) is 0 Å². The van der Waals surface area contributed by atoms with Crippen molar-refractivity contribution in [2.75, 3.05) is 6.61 Å². The molecule has 0 N–H and O–H groups in total. The van der Waals surface area contributed by atoms with E-state index >= 15 is 0 Å². The number of hydrogen-bond donors (Lipinski definition) is 0. The zero-order valence-electron chi connectivity index (χ0n) is 8.32. The second-order valence-electron chi connectivity index (χ2n) is 3.32. The standard InChI is InChI=1S/C12H14OTe/c1-2-3-7-13-11-4-5-12-10(9-11)6-8-14-12/h4-6,8-9H,2-3,7H2,1H3. The first-order chi connectivity index (χ1) is 6.90. The van der Waals surface area contributed by atoms with Gasteiger partial charge in [0.25, 0.3) is 0 Å². The van der Waals surface area contributed by atoms with Crippen molar-refractivity contribution < 1.29 is 4.74 Å². The maximum absolute atomic E-state index is 5.65. The van der Waals surface area contributed by atoms with Gasteiger partial charge in [0.15, 0.2) is 0 Å². The monoisotopic (exact) mass is 304 g/mol. The Balaban J connectivity index is 2.10. The van der Waals surface area contributed by atoms with Crippen LogP contribution in [0.15, 0.2) is 28.3 Å². The minimum atomic E-state index is -0.00995. The van der Waals surface area contributed by atoms with Crippen molar-refractivity contribution in [1.29, 1.82) is 0 Å². The van der Waals surface area contributed by atoms with E-state index < -0.39 is 0 Å².